The lowest BCUT2D eigenvalue weighted by Crippen LogP contribution is -2.41. The van der Waals surface area contributed by atoms with Crippen LogP contribution in [0.5, 0.6) is 0 Å². The number of hydrogen-bond acceptors (Lipinski definition) is 2. The lowest BCUT2D eigenvalue weighted by molar-refractivity contribution is -0.134. The number of benzene rings is 1. The normalized spacial score (nSPS) is 25.2. The minimum atomic E-state index is -0.487. The van der Waals surface area contributed by atoms with Gasteiger partial charge in [-0.05, 0) is 44.4 Å². The first-order valence-corrected chi connectivity index (χ1v) is 7.24. The van der Waals surface area contributed by atoms with E-state index >= 15 is 0 Å². The number of likely N-dealkylation sites (N-methyl/N-ethyl adjacent to an activating group) is 1. The van der Waals surface area contributed by atoms with Crippen molar-refractivity contribution >= 4 is 17.5 Å². The van der Waals surface area contributed by atoms with Crippen molar-refractivity contribution in [2.45, 2.75) is 25.7 Å². The zero-order valence-corrected chi connectivity index (χ0v) is 12.3. The second-order valence-corrected chi connectivity index (χ2v) is 5.47. The Morgan fingerprint density at radius 3 is 2.53 bits per heavy atom. The lowest BCUT2D eigenvalue weighted by atomic mass is 9.91. The van der Waals surface area contributed by atoms with Crippen molar-refractivity contribution in [1.82, 2.24) is 4.90 Å². The predicted molar refractivity (Wildman–Crippen MR) is 78.2 cm³/mol. The summed E-state index contributed by atoms with van der Waals surface area (Å²) in [5.41, 5.74) is 6.25. The van der Waals surface area contributed by atoms with E-state index in [9.17, 15) is 4.79 Å². The minimum Gasteiger partial charge on any atom is -0.342 e. The molecule has 0 spiro atoms. The fraction of sp³-hybridized carbons (Fsp3) is 0.533. The molecule has 0 bridgehead atoms. The average molecular weight is 281 g/mol. The van der Waals surface area contributed by atoms with Crippen LogP contribution in [0.2, 0.25) is 5.02 Å². The number of rotatable bonds is 5. The van der Waals surface area contributed by atoms with Gasteiger partial charge in [0.2, 0.25) is 5.91 Å². The van der Waals surface area contributed by atoms with Gasteiger partial charge in [0, 0.05) is 18.1 Å². The lowest BCUT2D eigenvalue weighted by Gasteiger charge is -2.27. The molecule has 2 atom stereocenters. The van der Waals surface area contributed by atoms with E-state index in [0.29, 0.717) is 11.6 Å². The van der Waals surface area contributed by atoms with Crippen molar-refractivity contribution < 1.29 is 4.79 Å². The number of halogens is 1. The van der Waals surface area contributed by atoms with Crippen LogP contribution >= 0.6 is 11.6 Å². The fourth-order valence-corrected chi connectivity index (χ4v) is 3.24. The third-order valence-electron chi connectivity index (χ3n) is 4.18. The molecule has 0 aromatic heterocycles. The van der Waals surface area contributed by atoms with Crippen molar-refractivity contribution in [1.29, 1.82) is 0 Å². The molecule has 1 saturated carbocycles. The van der Waals surface area contributed by atoms with E-state index in [0.717, 1.165) is 25.1 Å². The molecule has 1 aliphatic rings. The van der Waals surface area contributed by atoms with Crippen molar-refractivity contribution in [3.63, 3.8) is 0 Å². The topological polar surface area (TPSA) is 46.3 Å². The molecule has 1 aromatic rings. The van der Waals surface area contributed by atoms with Crippen molar-refractivity contribution in [2.75, 3.05) is 19.6 Å². The maximum atomic E-state index is 12.8. The summed E-state index contributed by atoms with van der Waals surface area (Å²) in [6.45, 7) is 5.97. The van der Waals surface area contributed by atoms with Gasteiger partial charge in [0.15, 0.2) is 0 Å². The number of nitrogens with two attached hydrogens (primary N) is 1. The van der Waals surface area contributed by atoms with E-state index in [1.807, 2.05) is 43.0 Å². The third kappa shape index (κ3) is 2.26. The summed E-state index contributed by atoms with van der Waals surface area (Å²) in [7, 11) is 0. The SMILES string of the molecule is CCN(CC)C(=O)[C@]1(c2ccccc2Cl)CC1CN. The van der Waals surface area contributed by atoms with Gasteiger partial charge in [-0.3, -0.25) is 4.79 Å². The fourth-order valence-electron chi connectivity index (χ4n) is 2.94. The molecule has 104 valence electrons. The maximum Gasteiger partial charge on any atom is 0.233 e. The predicted octanol–water partition coefficient (Wildman–Crippen LogP) is 2.42. The molecule has 1 unspecified atom stereocenters. The minimum absolute atomic E-state index is 0.168. The molecule has 3 nitrogen and oxygen atoms in total. The third-order valence-corrected chi connectivity index (χ3v) is 4.51. The monoisotopic (exact) mass is 280 g/mol. The Morgan fingerprint density at radius 2 is 2.05 bits per heavy atom. The zero-order chi connectivity index (χ0) is 14.0. The quantitative estimate of drug-likeness (QED) is 0.900. The van der Waals surface area contributed by atoms with Crippen molar-refractivity contribution in [3.05, 3.63) is 34.9 Å². The number of nitrogens with zero attached hydrogens (tertiary/aromatic N) is 1. The summed E-state index contributed by atoms with van der Waals surface area (Å²) in [6, 6.07) is 7.63. The highest BCUT2D eigenvalue weighted by molar-refractivity contribution is 6.32. The summed E-state index contributed by atoms with van der Waals surface area (Å²) in [5, 5.41) is 0.666. The van der Waals surface area contributed by atoms with Crippen molar-refractivity contribution in [3.8, 4) is 0 Å². The second-order valence-electron chi connectivity index (χ2n) is 5.07. The molecule has 2 N–H and O–H groups in total. The Morgan fingerprint density at radius 1 is 1.42 bits per heavy atom. The Balaban J connectivity index is 2.41. The molecule has 19 heavy (non-hydrogen) atoms. The van der Waals surface area contributed by atoms with Gasteiger partial charge in [0.25, 0.3) is 0 Å². The maximum absolute atomic E-state index is 12.8. The van der Waals surface area contributed by atoms with Crippen LogP contribution in [-0.4, -0.2) is 30.4 Å². The molecule has 1 amide bonds. The van der Waals surface area contributed by atoms with E-state index in [1.165, 1.54) is 0 Å². The van der Waals surface area contributed by atoms with Crippen LogP contribution in [0.3, 0.4) is 0 Å². The molecule has 4 heteroatoms. The highest BCUT2D eigenvalue weighted by atomic mass is 35.5. The van der Waals surface area contributed by atoms with E-state index in [-0.39, 0.29) is 11.8 Å². The van der Waals surface area contributed by atoms with Crippen LogP contribution < -0.4 is 5.73 Å². The molecule has 0 saturated heterocycles. The highest BCUT2D eigenvalue weighted by Crippen LogP contribution is 2.56. The van der Waals surface area contributed by atoms with Crippen LogP contribution in [0.4, 0.5) is 0 Å². The van der Waals surface area contributed by atoms with Gasteiger partial charge in [-0.25, -0.2) is 0 Å². The van der Waals surface area contributed by atoms with Crippen LogP contribution in [0, 0.1) is 5.92 Å². The number of amides is 1. The smallest absolute Gasteiger partial charge is 0.233 e. The Hall–Kier alpha value is -1.06. The summed E-state index contributed by atoms with van der Waals surface area (Å²) < 4.78 is 0. The largest absolute Gasteiger partial charge is 0.342 e. The van der Waals surface area contributed by atoms with Crippen LogP contribution in [0.15, 0.2) is 24.3 Å². The standard InChI is InChI=1S/C15H21ClN2O/c1-3-18(4-2)14(19)15(9-11(15)10-17)12-7-5-6-8-13(12)16/h5-8,11H,3-4,9-10,17H2,1-2H3/t11?,15-/m1/s1. The van der Waals surface area contributed by atoms with Gasteiger partial charge in [-0.2, -0.15) is 0 Å². The average Bonchev–Trinajstić information content (AvgIpc) is 3.16. The number of carbonyl (C=O) groups excluding carboxylic acids is 1. The van der Waals surface area contributed by atoms with Gasteiger partial charge in [0.05, 0.1) is 5.41 Å². The highest BCUT2D eigenvalue weighted by Gasteiger charge is 2.61. The Bertz CT molecular complexity index is 473. The summed E-state index contributed by atoms with van der Waals surface area (Å²) >= 11 is 6.29. The molecule has 1 aliphatic carbocycles. The van der Waals surface area contributed by atoms with Gasteiger partial charge in [-0.15, -0.1) is 0 Å². The van der Waals surface area contributed by atoms with Crippen LogP contribution in [0.1, 0.15) is 25.8 Å². The van der Waals surface area contributed by atoms with Gasteiger partial charge in [-0.1, -0.05) is 29.8 Å². The first-order chi connectivity index (χ1) is 9.11. The first kappa shape index (κ1) is 14.4. The summed E-state index contributed by atoms with van der Waals surface area (Å²) in [4.78, 5) is 14.7. The molecule has 0 aliphatic heterocycles. The van der Waals surface area contributed by atoms with E-state index < -0.39 is 5.41 Å². The number of hydrogen-bond donors (Lipinski definition) is 1. The van der Waals surface area contributed by atoms with Gasteiger partial charge < -0.3 is 10.6 Å². The van der Waals surface area contributed by atoms with Gasteiger partial charge in [0.1, 0.15) is 0 Å². The second kappa shape index (κ2) is 5.51. The molecule has 2 rings (SSSR count). The van der Waals surface area contributed by atoms with E-state index in [1.54, 1.807) is 0 Å². The first-order valence-electron chi connectivity index (χ1n) is 6.86. The molecular weight excluding hydrogens is 260 g/mol. The summed E-state index contributed by atoms with van der Waals surface area (Å²) in [5.74, 6) is 0.376. The Kier molecular flexibility index (Phi) is 4.16. The number of carbonyl (C=O) groups is 1. The molecule has 0 radical (unpaired) electrons. The molecule has 0 heterocycles. The zero-order valence-electron chi connectivity index (χ0n) is 11.5. The van der Waals surface area contributed by atoms with E-state index in [4.69, 9.17) is 17.3 Å². The Labute approximate surface area is 119 Å². The van der Waals surface area contributed by atoms with Crippen LogP contribution in [-0.2, 0) is 10.2 Å². The van der Waals surface area contributed by atoms with Crippen molar-refractivity contribution in [2.24, 2.45) is 11.7 Å². The summed E-state index contributed by atoms with van der Waals surface area (Å²) in [6.07, 6.45) is 0.808. The van der Waals surface area contributed by atoms with E-state index in [2.05, 4.69) is 0 Å². The molecule has 1 aromatic carbocycles. The van der Waals surface area contributed by atoms with Crippen LogP contribution in [0.25, 0.3) is 0 Å². The van der Waals surface area contributed by atoms with Gasteiger partial charge >= 0.3 is 0 Å². The molecule has 1 fully saturated rings. The molecular formula is C15H21ClN2O.